The molecule has 6 nitrogen and oxygen atoms in total. The zero-order chi connectivity index (χ0) is 22.2. The van der Waals surface area contributed by atoms with Gasteiger partial charge in [0.25, 0.3) is 0 Å². The number of fused-ring (bicyclic) bond motifs is 1. The Morgan fingerprint density at radius 2 is 2.00 bits per heavy atom. The zero-order valence-corrected chi connectivity index (χ0v) is 19.6. The van der Waals surface area contributed by atoms with Gasteiger partial charge in [0.05, 0.1) is 6.61 Å². The fourth-order valence-corrected chi connectivity index (χ4v) is 5.88. The van der Waals surface area contributed by atoms with Gasteiger partial charge in [0.2, 0.25) is 10.0 Å². The number of hydrogen-bond donors (Lipinski definition) is 1. The summed E-state index contributed by atoms with van der Waals surface area (Å²) in [6.45, 7) is 5.64. The van der Waals surface area contributed by atoms with Crippen molar-refractivity contribution in [2.45, 2.75) is 56.6 Å². The predicted octanol–water partition coefficient (Wildman–Crippen LogP) is 2.56. The first-order valence-electron chi connectivity index (χ1n) is 11.4. The topological polar surface area (TPSA) is 70.1 Å². The van der Waals surface area contributed by atoms with Crippen LogP contribution in [0.15, 0.2) is 23.1 Å². The molecule has 7 heteroatoms. The number of ether oxygens (including phenoxy) is 1. The smallest absolute Gasteiger partial charge is 0.247 e. The van der Waals surface area contributed by atoms with Crippen LogP contribution in [0.25, 0.3) is 0 Å². The standard InChI is InChI=1S/C24H34N2O4S/c1-17-13-26(18(2)16-27)31(28,29)24-11-10-20(7-6-19-4-5-19)12-22(24)30-23(17)15-25(3)14-21-8-9-21/h10-12,17-19,21,23,27H,4-5,8-9,13-16H2,1-3H3/t17-,18-,23-/m0/s1. The van der Waals surface area contributed by atoms with Gasteiger partial charge in [-0.15, -0.1) is 0 Å². The lowest BCUT2D eigenvalue weighted by Crippen LogP contribution is -2.49. The number of rotatable bonds is 6. The van der Waals surface area contributed by atoms with Gasteiger partial charge in [-0.25, -0.2) is 8.42 Å². The molecular weight excluding hydrogens is 412 g/mol. The van der Waals surface area contributed by atoms with E-state index in [9.17, 15) is 13.5 Å². The van der Waals surface area contributed by atoms with Crippen LogP contribution >= 0.6 is 0 Å². The summed E-state index contributed by atoms with van der Waals surface area (Å²) in [5.41, 5.74) is 0.779. The number of hydrogen-bond acceptors (Lipinski definition) is 5. The van der Waals surface area contributed by atoms with E-state index in [0.29, 0.717) is 18.2 Å². The van der Waals surface area contributed by atoms with Gasteiger partial charge in [0.1, 0.15) is 16.7 Å². The van der Waals surface area contributed by atoms with Crippen molar-refractivity contribution >= 4 is 10.0 Å². The summed E-state index contributed by atoms with van der Waals surface area (Å²) in [4.78, 5) is 2.46. The predicted molar refractivity (Wildman–Crippen MR) is 120 cm³/mol. The number of nitrogens with zero attached hydrogens (tertiary/aromatic N) is 2. The van der Waals surface area contributed by atoms with Crippen molar-refractivity contribution in [3.05, 3.63) is 23.8 Å². The monoisotopic (exact) mass is 446 g/mol. The molecule has 1 aromatic rings. The van der Waals surface area contributed by atoms with E-state index in [0.717, 1.165) is 37.4 Å². The van der Waals surface area contributed by atoms with E-state index in [1.165, 1.54) is 17.1 Å². The van der Waals surface area contributed by atoms with Gasteiger partial charge >= 0.3 is 0 Å². The number of aliphatic hydroxyl groups excluding tert-OH is 1. The molecule has 1 aromatic carbocycles. The molecule has 0 bridgehead atoms. The van der Waals surface area contributed by atoms with E-state index in [1.54, 1.807) is 25.1 Å². The highest BCUT2D eigenvalue weighted by molar-refractivity contribution is 7.89. The van der Waals surface area contributed by atoms with Crippen LogP contribution in [-0.2, 0) is 10.0 Å². The molecule has 0 amide bonds. The summed E-state index contributed by atoms with van der Waals surface area (Å²) < 4.78 is 34.8. The summed E-state index contributed by atoms with van der Waals surface area (Å²) >= 11 is 0. The van der Waals surface area contributed by atoms with Crippen molar-refractivity contribution in [2.75, 3.05) is 33.3 Å². The van der Waals surface area contributed by atoms with E-state index >= 15 is 0 Å². The van der Waals surface area contributed by atoms with Crippen LogP contribution in [0.4, 0.5) is 0 Å². The minimum absolute atomic E-state index is 0.0280. The van der Waals surface area contributed by atoms with E-state index in [-0.39, 0.29) is 23.5 Å². The van der Waals surface area contributed by atoms with Crippen LogP contribution in [0, 0.1) is 29.6 Å². The van der Waals surface area contributed by atoms with Crippen molar-refractivity contribution in [3.63, 3.8) is 0 Å². The molecule has 0 radical (unpaired) electrons. The maximum absolute atomic E-state index is 13.5. The Morgan fingerprint density at radius 1 is 1.26 bits per heavy atom. The van der Waals surface area contributed by atoms with Gasteiger partial charge in [-0.3, -0.25) is 0 Å². The van der Waals surface area contributed by atoms with Gasteiger partial charge in [0.15, 0.2) is 0 Å². The maximum Gasteiger partial charge on any atom is 0.247 e. The Labute approximate surface area is 186 Å². The minimum Gasteiger partial charge on any atom is -0.487 e. The lowest BCUT2D eigenvalue weighted by molar-refractivity contribution is 0.0740. The highest BCUT2D eigenvalue weighted by atomic mass is 32.2. The molecule has 1 heterocycles. The molecule has 0 unspecified atom stereocenters. The minimum atomic E-state index is -3.80. The van der Waals surface area contributed by atoms with Gasteiger partial charge < -0.3 is 14.7 Å². The molecule has 170 valence electrons. The summed E-state index contributed by atoms with van der Waals surface area (Å²) in [7, 11) is -1.69. The Bertz CT molecular complexity index is 960. The van der Waals surface area contributed by atoms with Crippen LogP contribution in [0.1, 0.15) is 45.1 Å². The van der Waals surface area contributed by atoms with E-state index in [2.05, 4.69) is 23.8 Å². The van der Waals surface area contributed by atoms with Crippen molar-refractivity contribution in [2.24, 2.45) is 17.8 Å². The molecule has 3 atom stereocenters. The zero-order valence-electron chi connectivity index (χ0n) is 18.8. The van der Waals surface area contributed by atoms with Crippen LogP contribution in [0.3, 0.4) is 0 Å². The van der Waals surface area contributed by atoms with Gasteiger partial charge in [-0.05, 0) is 63.8 Å². The Morgan fingerprint density at radius 3 is 2.65 bits per heavy atom. The van der Waals surface area contributed by atoms with E-state index in [4.69, 9.17) is 4.74 Å². The summed E-state index contributed by atoms with van der Waals surface area (Å²) in [6, 6.07) is 4.64. The molecular formula is C24H34N2O4S. The molecule has 2 fully saturated rings. The highest BCUT2D eigenvalue weighted by Gasteiger charge is 2.38. The van der Waals surface area contributed by atoms with Gasteiger partial charge in [-0.1, -0.05) is 18.8 Å². The van der Waals surface area contributed by atoms with Gasteiger partial charge in [0, 0.05) is 43.1 Å². The third kappa shape index (κ3) is 5.43. The number of likely N-dealkylation sites (N-methyl/N-ethyl adjacent to an activating group) is 1. The average Bonchev–Trinajstić information content (AvgIpc) is 3.64. The largest absolute Gasteiger partial charge is 0.487 e. The molecule has 4 rings (SSSR count). The maximum atomic E-state index is 13.5. The van der Waals surface area contributed by atoms with Crippen molar-refractivity contribution in [1.82, 2.24) is 9.21 Å². The molecule has 2 saturated carbocycles. The fraction of sp³-hybridized carbons (Fsp3) is 0.667. The molecule has 31 heavy (non-hydrogen) atoms. The summed E-state index contributed by atoms with van der Waals surface area (Å²) in [6.07, 6.45) is 4.71. The first-order valence-corrected chi connectivity index (χ1v) is 12.9. The quantitative estimate of drug-likeness (QED) is 0.680. The first kappa shape index (κ1) is 22.6. The molecule has 0 spiro atoms. The lowest BCUT2D eigenvalue weighted by atomic mass is 10.0. The molecule has 2 aliphatic carbocycles. The second-order valence-electron chi connectivity index (χ2n) is 9.61. The Kier molecular flexibility index (Phi) is 6.64. The van der Waals surface area contributed by atoms with Gasteiger partial charge in [-0.2, -0.15) is 4.31 Å². The molecule has 0 aromatic heterocycles. The van der Waals surface area contributed by atoms with Crippen LogP contribution in [0.5, 0.6) is 5.75 Å². The second kappa shape index (κ2) is 9.11. The van der Waals surface area contributed by atoms with E-state index in [1.807, 2.05) is 6.92 Å². The first-order chi connectivity index (χ1) is 14.8. The second-order valence-corrected chi connectivity index (χ2v) is 11.5. The van der Waals surface area contributed by atoms with Crippen molar-refractivity contribution in [3.8, 4) is 17.6 Å². The third-order valence-electron chi connectivity index (χ3n) is 6.42. The molecule has 0 saturated heterocycles. The average molecular weight is 447 g/mol. The van der Waals surface area contributed by atoms with Crippen LogP contribution in [-0.4, -0.2) is 68.2 Å². The third-order valence-corrected chi connectivity index (χ3v) is 8.44. The number of aliphatic hydroxyl groups is 1. The Hall–Kier alpha value is -1.59. The fourth-order valence-electron chi connectivity index (χ4n) is 4.06. The molecule has 1 aliphatic heterocycles. The van der Waals surface area contributed by atoms with Crippen molar-refractivity contribution in [1.29, 1.82) is 0 Å². The highest BCUT2D eigenvalue weighted by Crippen LogP contribution is 2.35. The van der Waals surface area contributed by atoms with E-state index < -0.39 is 16.1 Å². The molecule has 1 N–H and O–H groups in total. The summed E-state index contributed by atoms with van der Waals surface area (Å²) in [5.74, 6) is 8.00. The Balaban J connectivity index is 1.69. The lowest BCUT2D eigenvalue weighted by Gasteiger charge is -2.37. The molecule has 3 aliphatic rings. The normalized spacial score (nSPS) is 26.7. The number of benzene rings is 1. The van der Waals surface area contributed by atoms with Crippen molar-refractivity contribution < 1.29 is 18.3 Å². The SMILES string of the molecule is C[C@H]1CN([C@@H](C)CO)S(=O)(=O)c2ccc(C#CC3CC3)cc2O[C@H]1CN(C)CC1CC1. The summed E-state index contributed by atoms with van der Waals surface area (Å²) in [5, 5.41) is 9.74. The van der Waals surface area contributed by atoms with Crippen LogP contribution < -0.4 is 4.74 Å². The van der Waals surface area contributed by atoms with Crippen LogP contribution in [0.2, 0.25) is 0 Å². The number of sulfonamides is 1.